The predicted molar refractivity (Wildman–Crippen MR) is 118 cm³/mol. The Hall–Kier alpha value is -3.59. The molecule has 0 aliphatic carbocycles. The fourth-order valence-corrected chi connectivity index (χ4v) is 3.84. The Morgan fingerprint density at radius 1 is 1.10 bits per heavy atom. The number of carbonyl (C=O) groups excluding carboxylic acids is 1. The number of carbonyl (C=O) groups is 1. The maximum atomic E-state index is 12.5. The Bertz CT molecular complexity index is 1110. The zero-order chi connectivity index (χ0) is 22.5. The molecule has 0 unspecified atom stereocenters. The maximum absolute atomic E-state index is 12.5. The number of ether oxygens (including phenoxy) is 3. The zero-order valence-corrected chi connectivity index (χ0v) is 17.9. The molecule has 9 heteroatoms. The minimum absolute atomic E-state index is 0.0903. The van der Waals surface area contributed by atoms with Crippen LogP contribution in [0.15, 0.2) is 57.6 Å². The van der Waals surface area contributed by atoms with Gasteiger partial charge in [-0.3, -0.25) is 0 Å². The molecule has 0 fully saturated rings. The molecule has 0 spiro atoms. The Labute approximate surface area is 183 Å². The molecule has 3 N–H and O–H groups in total. The second-order valence-corrected chi connectivity index (χ2v) is 7.26. The number of hydrogen-bond acceptors (Lipinski definition) is 9. The molecule has 1 heterocycles. The number of nitrogens with zero attached hydrogens (tertiary/aromatic N) is 1. The summed E-state index contributed by atoms with van der Waals surface area (Å²) in [5.74, 6) is -0.717. The lowest BCUT2D eigenvalue weighted by atomic mass is 10.1. The zero-order valence-electron chi connectivity index (χ0n) is 17.1. The molecule has 0 aromatic heterocycles. The molecule has 8 nitrogen and oxygen atoms in total. The molecular formula is C22H21NO7S. The van der Waals surface area contributed by atoms with Gasteiger partial charge in [-0.1, -0.05) is 23.9 Å². The Morgan fingerprint density at radius 2 is 1.84 bits per heavy atom. The van der Waals surface area contributed by atoms with E-state index in [0.29, 0.717) is 17.2 Å². The molecule has 3 rings (SSSR count). The molecule has 0 atom stereocenters. The molecule has 0 radical (unpaired) electrons. The van der Waals surface area contributed by atoms with E-state index in [4.69, 9.17) is 14.2 Å². The number of aliphatic hydroxyl groups excluding tert-OH is 1. The topological polar surface area (TPSA) is 118 Å². The molecule has 1 aliphatic rings. The summed E-state index contributed by atoms with van der Waals surface area (Å²) in [6.07, 6.45) is 1.45. The van der Waals surface area contributed by atoms with E-state index in [1.165, 1.54) is 26.4 Å². The fraction of sp³-hybridized carbons (Fsp3) is 0.182. The first-order chi connectivity index (χ1) is 14.9. The molecule has 0 amide bonds. The minimum atomic E-state index is -0.727. The van der Waals surface area contributed by atoms with Gasteiger partial charge in [-0.25, -0.2) is 9.79 Å². The highest BCUT2D eigenvalue weighted by molar-refractivity contribution is 8.18. The van der Waals surface area contributed by atoms with Gasteiger partial charge in [0.25, 0.3) is 0 Å². The first kappa shape index (κ1) is 22.1. The molecule has 0 bridgehead atoms. The van der Waals surface area contributed by atoms with Gasteiger partial charge in [-0.15, -0.1) is 0 Å². The van der Waals surface area contributed by atoms with Crippen molar-refractivity contribution in [3.8, 4) is 23.0 Å². The lowest BCUT2D eigenvalue weighted by Gasteiger charge is -2.08. The first-order valence-electron chi connectivity index (χ1n) is 9.21. The van der Waals surface area contributed by atoms with Crippen molar-refractivity contribution in [2.75, 3.05) is 20.8 Å². The third-order valence-electron chi connectivity index (χ3n) is 4.30. The monoisotopic (exact) mass is 443 g/mol. The van der Waals surface area contributed by atoms with Crippen molar-refractivity contribution >= 4 is 34.5 Å². The SMILES string of the molecule is CCOC(=O)C1=C(O)/C(=C\c2cccc(O)c2O)SC1=Nc1ccc(OC)c(OC)c1. The number of phenols is 2. The first-order valence-corrected chi connectivity index (χ1v) is 10.0. The van der Waals surface area contributed by atoms with Crippen molar-refractivity contribution in [2.24, 2.45) is 4.99 Å². The second kappa shape index (κ2) is 9.48. The van der Waals surface area contributed by atoms with Gasteiger partial charge >= 0.3 is 5.97 Å². The number of hydrogen-bond donors (Lipinski definition) is 3. The highest BCUT2D eigenvalue weighted by atomic mass is 32.2. The average Bonchev–Trinajstić information content (AvgIpc) is 3.06. The predicted octanol–water partition coefficient (Wildman–Crippen LogP) is 4.31. The second-order valence-electron chi connectivity index (χ2n) is 6.23. The van der Waals surface area contributed by atoms with Crippen LogP contribution in [-0.4, -0.2) is 47.2 Å². The quantitative estimate of drug-likeness (QED) is 0.447. The number of aliphatic hydroxyl groups is 1. The fourth-order valence-electron chi connectivity index (χ4n) is 2.81. The van der Waals surface area contributed by atoms with Crippen LogP contribution >= 0.6 is 11.8 Å². The summed E-state index contributed by atoms with van der Waals surface area (Å²) in [7, 11) is 3.02. The van der Waals surface area contributed by atoms with E-state index in [9.17, 15) is 20.1 Å². The summed E-state index contributed by atoms with van der Waals surface area (Å²) < 4.78 is 15.6. The summed E-state index contributed by atoms with van der Waals surface area (Å²) >= 11 is 1.03. The number of aromatic hydroxyl groups is 2. The van der Waals surface area contributed by atoms with Crippen molar-refractivity contribution < 1.29 is 34.3 Å². The lowest BCUT2D eigenvalue weighted by molar-refractivity contribution is -0.138. The number of aliphatic imine (C=N–C) groups is 1. The van der Waals surface area contributed by atoms with Crippen LogP contribution in [0.4, 0.5) is 5.69 Å². The van der Waals surface area contributed by atoms with Crippen LogP contribution < -0.4 is 9.47 Å². The molecule has 1 aliphatic heterocycles. The smallest absolute Gasteiger partial charge is 0.344 e. The molecule has 2 aromatic carbocycles. The number of rotatable bonds is 6. The van der Waals surface area contributed by atoms with E-state index in [0.717, 1.165) is 11.8 Å². The van der Waals surface area contributed by atoms with Gasteiger partial charge in [0.05, 0.1) is 31.4 Å². The lowest BCUT2D eigenvalue weighted by Crippen LogP contribution is -2.12. The summed E-state index contributed by atoms with van der Waals surface area (Å²) in [5.41, 5.74) is 0.647. The van der Waals surface area contributed by atoms with Crippen LogP contribution in [0.25, 0.3) is 6.08 Å². The van der Waals surface area contributed by atoms with Gasteiger partial charge in [-0.05, 0) is 31.2 Å². The third kappa shape index (κ3) is 4.61. The van der Waals surface area contributed by atoms with Gasteiger partial charge in [-0.2, -0.15) is 0 Å². The van der Waals surface area contributed by atoms with Crippen molar-refractivity contribution in [1.82, 2.24) is 0 Å². The van der Waals surface area contributed by atoms with Crippen molar-refractivity contribution in [3.05, 3.63) is 58.2 Å². The van der Waals surface area contributed by atoms with E-state index < -0.39 is 5.97 Å². The Balaban J connectivity index is 2.08. The number of methoxy groups -OCH3 is 2. The highest BCUT2D eigenvalue weighted by Crippen LogP contribution is 2.42. The number of benzene rings is 2. The van der Waals surface area contributed by atoms with Crippen LogP contribution in [0, 0.1) is 0 Å². The highest BCUT2D eigenvalue weighted by Gasteiger charge is 2.33. The summed E-state index contributed by atoms with van der Waals surface area (Å²) in [6.45, 7) is 1.78. The average molecular weight is 443 g/mol. The van der Waals surface area contributed by atoms with E-state index >= 15 is 0 Å². The maximum Gasteiger partial charge on any atom is 0.344 e. The van der Waals surface area contributed by atoms with Gasteiger partial charge in [0.2, 0.25) is 0 Å². The van der Waals surface area contributed by atoms with Gasteiger partial charge < -0.3 is 29.5 Å². The number of esters is 1. The summed E-state index contributed by atoms with van der Waals surface area (Å²) in [4.78, 5) is 17.3. The number of phenolic OH excluding ortho intramolecular Hbond substituents is 2. The molecule has 162 valence electrons. The standard InChI is InChI=1S/C22H21NO7S/c1-4-30-22(27)18-20(26)17(10-12-6-5-7-14(24)19(12)25)31-21(18)23-13-8-9-15(28-2)16(11-13)29-3/h5-11,24-26H,4H2,1-3H3/b17-10+,23-21?. The number of para-hydroxylation sites is 1. The molecule has 0 saturated carbocycles. The van der Waals surface area contributed by atoms with E-state index in [2.05, 4.69) is 4.99 Å². The van der Waals surface area contributed by atoms with E-state index in [1.54, 1.807) is 37.3 Å². The molecular weight excluding hydrogens is 422 g/mol. The molecule has 31 heavy (non-hydrogen) atoms. The van der Waals surface area contributed by atoms with Crippen LogP contribution in [0.3, 0.4) is 0 Å². The van der Waals surface area contributed by atoms with Crippen LogP contribution in [-0.2, 0) is 9.53 Å². The van der Waals surface area contributed by atoms with E-state index in [-0.39, 0.29) is 45.0 Å². The Kier molecular flexibility index (Phi) is 6.76. The Morgan fingerprint density at radius 3 is 2.52 bits per heavy atom. The van der Waals surface area contributed by atoms with Crippen LogP contribution in [0.2, 0.25) is 0 Å². The van der Waals surface area contributed by atoms with Gasteiger partial charge in [0.15, 0.2) is 23.0 Å². The van der Waals surface area contributed by atoms with Crippen LogP contribution in [0.1, 0.15) is 12.5 Å². The third-order valence-corrected chi connectivity index (χ3v) is 5.32. The van der Waals surface area contributed by atoms with Crippen molar-refractivity contribution in [2.45, 2.75) is 6.92 Å². The molecule has 0 saturated heterocycles. The van der Waals surface area contributed by atoms with Crippen molar-refractivity contribution in [3.63, 3.8) is 0 Å². The van der Waals surface area contributed by atoms with Crippen molar-refractivity contribution in [1.29, 1.82) is 0 Å². The summed E-state index contributed by atoms with van der Waals surface area (Å²) in [6, 6.07) is 9.43. The normalized spacial score (nSPS) is 16.1. The number of thioether (sulfide) groups is 1. The summed E-state index contributed by atoms with van der Waals surface area (Å²) in [5, 5.41) is 30.7. The molecule has 2 aromatic rings. The van der Waals surface area contributed by atoms with Crippen LogP contribution in [0.5, 0.6) is 23.0 Å². The minimum Gasteiger partial charge on any atom is -0.506 e. The largest absolute Gasteiger partial charge is 0.506 e. The van der Waals surface area contributed by atoms with Gasteiger partial charge in [0.1, 0.15) is 16.4 Å². The van der Waals surface area contributed by atoms with Gasteiger partial charge in [0, 0.05) is 11.6 Å². The van der Waals surface area contributed by atoms with E-state index in [1.807, 2.05) is 0 Å².